The van der Waals surface area contributed by atoms with Gasteiger partial charge in [-0.2, -0.15) is 0 Å². The van der Waals surface area contributed by atoms with Crippen LogP contribution in [0.1, 0.15) is 24.7 Å². The van der Waals surface area contributed by atoms with Gasteiger partial charge in [-0.15, -0.1) is 11.6 Å². The molecule has 1 aliphatic rings. The molecular weight excluding hydrogens is 316 g/mol. The fourth-order valence-electron chi connectivity index (χ4n) is 2.12. The number of aryl methyl sites for hydroxylation is 1. The van der Waals surface area contributed by atoms with Gasteiger partial charge in [-0.05, 0) is 20.3 Å². The van der Waals surface area contributed by atoms with Gasteiger partial charge >= 0.3 is 0 Å². The van der Waals surface area contributed by atoms with Gasteiger partial charge in [0.2, 0.25) is 0 Å². The van der Waals surface area contributed by atoms with Gasteiger partial charge in [0.1, 0.15) is 21.7 Å². The molecule has 2 atom stereocenters. The number of nitrogens with zero attached hydrogens (tertiary/aromatic N) is 3. The van der Waals surface area contributed by atoms with E-state index < -0.39 is 5.72 Å². The predicted octanol–water partition coefficient (Wildman–Crippen LogP) is 1.91. The Labute approximate surface area is 132 Å². The summed E-state index contributed by atoms with van der Waals surface area (Å²) in [5, 5.41) is 10.7. The number of nitrogen functional groups attached to an aromatic ring is 1. The molecule has 5 nitrogen and oxygen atoms in total. The Kier molecular flexibility index (Phi) is 4.73. The minimum atomic E-state index is -1.05. The number of aromatic nitrogens is 2. The molecule has 0 bridgehead atoms. The Bertz CT molecular complexity index is 526. The van der Waals surface area contributed by atoms with Crippen molar-refractivity contribution >= 4 is 45.7 Å². The zero-order chi connectivity index (χ0) is 14.9. The maximum Gasteiger partial charge on any atom is 0.148 e. The van der Waals surface area contributed by atoms with E-state index in [1.807, 2.05) is 0 Å². The average molecular weight is 333 g/mol. The minimum Gasteiger partial charge on any atom is -0.383 e. The van der Waals surface area contributed by atoms with E-state index in [4.69, 9.17) is 29.6 Å². The topological polar surface area (TPSA) is 75.3 Å². The first kappa shape index (κ1) is 15.8. The van der Waals surface area contributed by atoms with Crippen LogP contribution in [0.4, 0.5) is 5.82 Å². The Morgan fingerprint density at radius 3 is 2.95 bits per heavy atom. The van der Waals surface area contributed by atoms with Crippen molar-refractivity contribution in [2.45, 2.75) is 37.8 Å². The summed E-state index contributed by atoms with van der Waals surface area (Å²) in [5.74, 6) is 1.53. The number of aliphatic hydroxyl groups is 1. The van der Waals surface area contributed by atoms with Crippen molar-refractivity contribution in [2.75, 3.05) is 11.6 Å². The first-order chi connectivity index (χ1) is 9.36. The highest BCUT2D eigenvalue weighted by Gasteiger charge is 2.46. The van der Waals surface area contributed by atoms with E-state index >= 15 is 0 Å². The molecule has 0 aromatic carbocycles. The number of halogens is 1. The molecule has 2 heterocycles. The van der Waals surface area contributed by atoms with Gasteiger partial charge in [0, 0.05) is 17.6 Å². The molecule has 8 heteroatoms. The van der Waals surface area contributed by atoms with Crippen molar-refractivity contribution in [2.24, 2.45) is 0 Å². The van der Waals surface area contributed by atoms with E-state index in [0.717, 1.165) is 5.56 Å². The number of thioether (sulfide) groups is 1. The third-order valence-corrected chi connectivity index (χ3v) is 5.45. The fourth-order valence-corrected chi connectivity index (χ4v) is 4.27. The molecule has 0 amide bonds. The summed E-state index contributed by atoms with van der Waals surface area (Å²) < 4.78 is 0.644. The van der Waals surface area contributed by atoms with E-state index in [1.165, 1.54) is 11.8 Å². The van der Waals surface area contributed by atoms with Gasteiger partial charge in [-0.25, -0.2) is 9.97 Å². The number of hydrogen-bond acceptors (Lipinski definition) is 6. The number of hydrogen-bond donors (Lipinski definition) is 2. The van der Waals surface area contributed by atoms with Crippen LogP contribution in [0.3, 0.4) is 0 Å². The van der Waals surface area contributed by atoms with E-state index in [1.54, 1.807) is 24.9 Å². The first-order valence-electron chi connectivity index (χ1n) is 6.21. The summed E-state index contributed by atoms with van der Waals surface area (Å²) in [5.41, 5.74) is 5.60. The Morgan fingerprint density at radius 2 is 2.35 bits per heavy atom. The fraction of sp³-hybridized carbons (Fsp3) is 0.583. The smallest absolute Gasteiger partial charge is 0.148 e. The first-order valence-corrected chi connectivity index (χ1v) is 8.03. The highest BCUT2D eigenvalue weighted by atomic mass is 35.5. The third kappa shape index (κ3) is 3.00. The summed E-state index contributed by atoms with van der Waals surface area (Å²) in [6.45, 7) is 3.93. The quantitative estimate of drug-likeness (QED) is 0.644. The van der Waals surface area contributed by atoms with Crippen molar-refractivity contribution in [1.82, 2.24) is 14.9 Å². The van der Waals surface area contributed by atoms with E-state index in [-0.39, 0.29) is 5.25 Å². The number of thiocarbonyl (C=S) groups is 1. The van der Waals surface area contributed by atoms with Gasteiger partial charge in [0.25, 0.3) is 0 Å². The van der Waals surface area contributed by atoms with Gasteiger partial charge in [0.05, 0.1) is 11.8 Å². The second-order valence-electron chi connectivity index (χ2n) is 4.86. The Morgan fingerprint density at radius 1 is 1.65 bits per heavy atom. The van der Waals surface area contributed by atoms with E-state index in [2.05, 4.69) is 9.97 Å². The highest BCUT2D eigenvalue weighted by molar-refractivity contribution is 8.23. The van der Waals surface area contributed by atoms with Gasteiger partial charge in [0.15, 0.2) is 0 Å². The van der Waals surface area contributed by atoms with Crippen molar-refractivity contribution in [3.63, 3.8) is 0 Å². The van der Waals surface area contributed by atoms with E-state index in [9.17, 15) is 5.11 Å². The number of rotatable bonds is 4. The molecule has 1 saturated heterocycles. The number of alkyl halides is 1. The minimum absolute atomic E-state index is 0.0416. The lowest BCUT2D eigenvalue weighted by Crippen LogP contribution is -2.48. The molecular formula is C12H17ClN4OS2. The van der Waals surface area contributed by atoms with Crippen LogP contribution in [0.2, 0.25) is 0 Å². The van der Waals surface area contributed by atoms with Crippen molar-refractivity contribution in [3.05, 3.63) is 17.6 Å². The molecule has 0 spiro atoms. The zero-order valence-corrected chi connectivity index (χ0v) is 13.7. The molecule has 1 fully saturated rings. The van der Waals surface area contributed by atoms with Crippen LogP contribution in [0.5, 0.6) is 0 Å². The summed E-state index contributed by atoms with van der Waals surface area (Å²) in [6.07, 6.45) is 2.37. The number of anilines is 1. The van der Waals surface area contributed by atoms with E-state index in [0.29, 0.717) is 34.8 Å². The van der Waals surface area contributed by atoms with Crippen LogP contribution in [0, 0.1) is 6.92 Å². The van der Waals surface area contributed by atoms with Crippen LogP contribution in [0.15, 0.2) is 6.20 Å². The summed E-state index contributed by atoms with van der Waals surface area (Å²) >= 11 is 12.6. The normalized spacial score (nSPS) is 26.3. The molecule has 2 unspecified atom stereocenters. The monoisotopic (exact) mass is 332 g/mol. The summed E-state index contributed by atoms with van der Waals surface area (Å²) in [7, 11) is 0. The van der Waals surface area contributed by atoms with Crippen molar-refractivity contribution in [3.8, 4) is 0 Å². The molecule has 110 valence electrons. The highest BCUT2D eigenvalue weighted by Crippen LogP contribution is 2.41. The van der Waals surface area contributed by atoms with Crippen LogP contribution in [-0.2, 0) is 6.54 Å². The van der Waals surface area contributed by atoms with Crippen LogP contribution >= 0.6 is 35.6 Å². The second kappa shape index (κ2) is 6.01. The lowest BCUT2D eigenvalue weighted by Gasteiger charge is -2.34. The molecule has 3 N–H and O–H groups in total. The maximum absolute atomic E-state index is 10.7. The summed E-state index contributed by atoms with van der Waals surface area (Å²) in [4.78, 5) is 10.0. The Hall–Kier alpha value is -0.630. The molecule has 0 radical (unpaired) electrons. The molecule has 1 aliphatic heterocycles. The average Bonchev–Trinajstić information content (AvgIpc) is 2.56. The maximum atomic E-state index is 10.7. The number of nitrogens with two attached hydrogens (primary N) is 1. The van der Waals surface area contributed by atoms with Crippen LogP contribution in [0.25, 0.3) is 0 Å². The lowest BCUT2D eigenvalue weighted by atomic mass is 10.1. The predicted molar refractivity (Wildman–Crippen MR) is 86.7 cm³/mol. The molecule has 20 heavy (non-hydrogen) atoms. The molecule has 0 aliphatic carbocycles. The molecule has 2 rings (SSSR count). The van der Waals surface area contributed by atoms with Crippen LogP contribution in [-0.4, -0.2) is 41.1 Å². The lowest BCUT2D eigenvalue weighted by molar-refractivity contribution is -0.0498. The Balaban J connectivity index is 2.22. The van der Waals surface area contributed by atoms with Gasteiger partial charge in [-0.3, -0.25) is 0 Å². The van der Waals surface area contributed by atoms with Crippen molar-refractivity contribution in [1.29, 1.82) is 0 Å². The largest absolute Gasteiger partial charge is 0.383 e. The second-order valence-corrected chi connectivity index (χ2v) is 7.07. The third-order valence-electron chi connectivity index (χ3n) is 3.34. The summed E-state index contributed by atoms with van der Waals surface area (Å²) in [6, 6.07) is 0. The zero-order valence-electron chi connectivity index (χ0n) is 11.3. The van der Waals surface area contributed by atoms with Crippen molar-refractivity contribution < 1.29 is 5.11 Å². The SMILES string of the molecule is Cc1ncc(CN2C(=S)SC(CCCl)C2(C)O)c(N)n1. The van der Waals surface area contributed by atoms with Crippen LogP contribution < -0.4 is 5.73 Å². The standard InChI is InChI=1S/C12H17ClN4OS2/c1-7-15-5-8(10(14)16-7)6-17-11(19)20-9(3-4-13)12(17,2)18/h5,9,18H,3-4,6H2,1-2H3,(H2,14,15,16). The molecule has 1 aromatic rings. The van der Waals surface area contributed by atoms with Gasteiger partial charge < -0.3 is 15.7 Å². The molecule has 1 aromatic heterocycles. The van der Waals surface area contributed by atoms with Gasteiger partial charge in [-0.1, -0.05) is 24.0 Å². The molecule has 0 saturated carbocycles.